The Labute approximate surface area is 86.6 Å². The SMILES string of the molecule is Nc1ccc(-c2ncc(Cl)cn2)cc1. The molecule has 2 rings (SSSR count). The van der Waals surface area contributed by atoms with Gasteiger partial charge >= 0.3 is 0 Å². The lowest BCUT2D eigenvalue weighted by Gasteiger charge is -1.99. The third-order valence-electron chi connectivity index (χ3n) is 1.79. The molecule has 1 aromatic carbocycles. The van der Waals surface area contributed by atoms with Crippen molar-refractivity contribution in [1.29, 1.82) is 0 Å². The van der Waals surface area contributed by atoms with E-state index in [0.29, 0.717) is 10.8 Å². The van der Waals surface area contributed by atoms with Crippen LogP contribution in [0.3, 0.4) is 0 Å². The van der Waals surface area contributed by atoms with Gasteiger partial charge in [0.05, 0.1) is 5.02 Å². The first-order valence-electron chi connectivity index (χ1n) is 4.09. The van der Waals surface area contributed by atoms with Crippen LogP contribution in [-0.2, 0) is 0 Å². The predicted molar refractivity (Wildman–Crippen MR) is 56.9 cm³/mol. The van der Waals surface area contributed by atoms with Gasteiger partial charge in [0.15, 0.2) is 5.82 Å². The van der Waals surface area contributed by atoms with E-state index >= 15 is 0 Å². The Balaban J connectivity index is 2.40. The van der Waals surface area contributed by atoms with E-state index in [9.17, 15) is 0 Å². The number of halogens is 1. The van der Waals surface area contributed by atoms with Gasteiger partial charge in [0.2, 0.25) is 0 Å². The molecule has 0 atom stereocenters. The molecule has 0 saturated heterocycles. The first kappa shape index (κ1) is 8.97. The number of aromatic nitrogens is 2. The van der Waals surface area contributed by atoms with Gasteiger partial charge < -0.3 is 5.73 Å². The highest BCUT2D eigenvalue weighted by Crippen LogP contribution is 2.16. The van der Waals surface area contributed by atoms with Gasteiger partial charge in [0, 0.05) is 23.6 Å². The van der Waals surface area contributed by atoms with Crippen molar-refractivity contribution in [3.8, 4) is 11.4 Å². The smallest absolute Gasteiger partial charge is 0.159 e. The standard InChI is InChI=1S/C10H8ClN3/c11-8-5-13-10(14-6-8)7-1-3-9(12)4-2-7/h1-6H,12H2. The fourth-order valence-electron chi connectivity index (χ4n) is 1.09. The number of hydrogen-bond acceptors (Lipinski definition) is 3. The summed E-state index contributed by atoms with van der Waals surface area (Å²) in [7, 11) is 0. The fraction of sp³-hybridized carbons (Fsp3) is 0. The molecule has 0 fully saturated rings. The monoisotopic (exact) mass is 205 g/mol. The molecule has 0 radical (unpaired) electrons. The van der Waals surface area contributed by atoms with Crippen LogP contribution in [-0.4, -0.2) is 9.97 Å². The summed E-state index contributed by atoms with van der Waals surface area (Å²) >= 11 is 5.68. The second-order valence-electron chi connectivity index (χ2n) is 2.85. The lowest BCUT2D eigenvalue weighted by Crippen LogP contribution is -1.88. The first-order chi connectivity index (χ1) is 6.75. The molecule has 2 N–H and O–H groups in total. The van der Waals surface area contributed by atoms with E-state index in [2.05, 4.69) is 9.97 Å². The van der Waals surface area contributed by atoms with Crippen LogP contribution < -0.4 is 5.73 Å². The minimum atomic E-state index is 0.532. The van der Waals surface area contributed by atoms with Crippen molar-refractivity contribution in [2.24, 2.45) is 0 Å². The van der Waals surface area contributed by atoms with Gasteiger partial charge in [0.25, 0.3) is 0 Å². The summed E-state index contributed by atoms with van der Waals surface area (Å²) in [5, 5.41) is 0.532. The zero-order valence-corrected chi connectivity index (χ0v) is 8.07. The molecule has 1 aromatic heterocycles. The Morgan fingerprint density at radius 3 is 2.14 bits per heavy atom. The van der Waals surface area contributed by atoms with Crippen molar-refractivity contribution in [1.82, 2.24) is 9.97 Å². The largest absolute Gasteiger partial charge is 0.399 e. The maximum absolute atomic E-state index is 5.68. The second kappa shape index (κ2) is 3.64. The molecule has 1 heterocycles. The van der Waals surface area contributed by atoms with Gasteiger partial charge in [-0.15, -0.1) is 0 Å². The van der Waals surface area contributed by atoms with Crippen molar-refractivity contribution >= 4 is 17.3 Å². The van der Waals surface area contributed by atoms with Gasteiger partial charge in [-0.05, 0) is 24.3 Å². The van der Waals surface area contributed by atoms with Crippen LogP contribution in [0.5, 0.6) is 0 Å². The molecule has 14 heavy (non-hydrogen) atoms. The topological polar surface area (TPSA) is 51.8 Å². The molecule has 2 aromatic rings. The van der Waals surface area contributed by atoms with Crippen molar-refractivity contribution in [2.45, 2.75) is 0 Å². The summed E-state index contributed by atoms with van der Waals surface area (Å²) < 4.78 is 0. The van der Waals surface area contributed by atoms with Gasteiger partial charge in [-0.2, -0.15) is 0 Å². The number of rotatable bonds is 1. The molecule has 0 spiro atoms. The van der Waals surface area contributed by atoms with Crippen LogP contribution >= 0.6 is 11.6 Å². The first-order valence-corrected chi connectivity index (χ1v) is 4.47. The summed E-state index contributed by atoms with van der Waals surface area (Å²) in [6.07, 6.45) is 3.14. The number of nitrogen functional groups attached to an aromatic ring is 1. The Hall–Kier alpha value is -1.61. The average Bonchev–Trinajstić information content (AvgIpc) is 2.21. The van der Waals surface area contributed by atoms with Gasteiger partial charge in [-0.1, -0.05) is 11.6 Å². The van der Waals surface area contributed by atoms with Crippen LogP contribution in [0.2, 0.25) is 5.02 Å². The third-order valence-corrected chi connectivity index (χ3v) is 1.98. The molecule has 0 unspecified atom stereocenters. The van der Waals surface area contributed by atoms with E-state index in [1.165, 1.54) is 0 Å². The second-order valence-corrected chi connectivity index (χ2v) is 3.28. The maximum atomic E-state index is 5.68. The molecule has 0 bridgehead atoms. The molecule has 0 aliphatic carbocycles. The van der Waals surface area contributed by atoms with Crippen LogP contribution in [0.25, 0.3) is 11.4 Å². The molecule has 0 saturated carbocycles. The van der Waals surface area contributed by atoms with E-state index < -0.39 is 0 Å². The Morgan fingerprint density at radius 2 is 1.57 bits per heavy atom. The molecule has 0 aliphatic heterocycles. The molecule has 70 valence electrons. The zero-order chi connectivity index (χ0) is 9.97. The van der Waals surface area contributed by atoms with Crippen LogP contribution in [0, 0.1) is 0 Å². The third kappa shape index (κ3) is 1.83. The number of nitrogens with zero attached hydrogens (tertiary/aromatic N) is 2. The Kier molecular flexibility index (Phi) is 2.33. The minimum Gasteiger partial charge on any atom is -0.399 e. The molecule has 0 amide bonds. The van der Waals surface area contributed by atoms with E-state index in [0.717, 1.165) is 11.3 Å². The van der Waals surface area contributed by atoms with Crippen molar-refractivity contribution in [3.05, 3.63) is 41.7 Å². The summed E-state index contributed by atoms with van der Waals surface area (Å²) in [5.41, 5.74) is 7.22. The van der Waals surface area contributed by atoms with Crippen LogP contribution in [0.1, 0.15) is 0 Å². The summed E-state index contributed by atoms with van der Waals surface area (Å²) in [6, 6.07) is 7.37. The highest BCUT2D eigenvalue weighted by Gasteiger charge is 1.99. The van der Waals surface area contributed by atoms with E-state index in [-0.39, 0.29) is 0 Å². The van der Waals surface area contributed by atoms with E-state index in [1.807, 2.05) is 24.3 Å². The highest BCUT2D eigenvalue weighted by molar-refractivity contribution is 6.30. The summed E-state index contributed by atoms with van der Waals surface area (Å²) in [5.74, 6) is 0.648. The molecule has 3 nitrogen and oxygen atoms in total. The van der Waals surface area contributed by atoms with Crippen molar-refractivity contribution < 1.29 is 0 Å². The maximum Gasteiger partial charge on any atom is 0.159 e. The Bertz CT molecular complexity index is 379. The Morgan fingerprint density at radius 1 is 1.00 bits per heavy atom. The lowest BCUT2D eigenvalue weighted by molar-refractivity contribution is 1.18. The number of anilines is 1. The summed E-state index contributed by atoms with van der Waals surface area (Å²) in [4.78, 5) is 8.19. The molecular weight excluding hydrogens is 198 g/mol. The zero-order valence-electron chi connectivity index (χ0n) is 7.31. The summed E-state index contributed by atoms with van der Waals surface area (Å²) in [6.45, 7) is 0. The van der Waals surface area contributed by atoms with Crippen molar-refractivity contribution in [2.75, 3.05) is 5.73 Å². The van der Waals surface area contributed by atoms with Crippen LogP contribution in [0.15, 0.2) is 36.7 Å². The normalized spacial score (nSPS) is 10.1. The van der Waals surface area contributed by atoms with Crippen LogP contribution in [0.4, 0.5) is 5.69 Å². The van der Waals surface area contributed by atoms with E-state index in [4.69, 9.17) is 17.3 Å². The molecule has 4 heteroatoms. The fourth-order valence-corrected chi connectivity index (χ4v) is 1.19. The van der Waals surface area contributed by atoms with E-state index in [1.54, 1.807) is 12.4 Å². The van der Waals surface area contributed by atoms with Crippen molar-refractivity contribution in [3.63, 3.8) is 0 Å². The quantitative estimate of drug-likeness (QED) is 0.728. The molecule has 0 aliphatic rings. The minimum absolute atomic E-state index is 0.532. The highest BCUT2D eigenvalue weighted by atomic mass is 35.5. The predicted octanol–water partition coefficient (Wildman–Crippen LogP) is 2.38. The van der Waals surface area contributed by atoms with Gasteiger partial charge in [-0.3, -0.25) is 0 Å². The number of benzene rings is 1. The van der Waals surface area contributed by atoms with Gasteiger partial charge in [-0.25, -0.2) is 9.97 Å². The van der Waals surface area contributed by atoms with Gasteiger partial charge in [0.1, 0.15) is 0 Å². The molecular formula is C10H8ClN3. The average molecular weight is 206 g/mol. The number of hydrogen-bond donors (Lipinski definition) is 1. The number of nitrogens with two attached hydrogens (primary N) is 1. The lowest BCUT2D eigenvalue weighted by atomic mass is 10.2.